The van der Waals surface area contributed by atoms with E-state index in [4.69, 9.17) is 5.11 Å². The zero-order chi connectivity index (χ0) is 9.42. The van der Waals surface area contributed by atoms with Gasteiger partial charge in [0.05, 0.1) is 5.56 Å². The summed E-state index contributed by atoms with van der Waals surface area (Å²) in [5.41, 5.74) is 0.241. The number of rotatable bonds is 1. The van der Waals surface area contributed by atoms with E-state index in [0.717, 1.165) is 15.1 Å². The second kappa shape index (κ2) is 2.81. The number of aromatic nitrogens is 1. The van der Waals surface area contributed by atoms with Gasteiger partial charge in [-0.1, -0.05) is 0 Å². The van der Waals surface area contributed by atoms with Crippen LogP contribution in [0.25, 0.3) is 10.2 Å². The molecule has 0 saturated heterocycles. The fraction of sp³-hybridized carbons (Fsp3) is 0.111. The van der Waals surface area contributed by atoms with E-state index in [0.29, 0.717) is 0 Å². The summed E-state index contributed by atoms with van der Waals surface area (Å²) in [7, 11) is 0. The summed E-state index contributed by atoms with van der Waals surface area (Å²) in [6, 6.07) is 3.59. The van der Waals surface area contributed by atoms with Gasteiger partial charge in [-0.25, -0.2) is 9.78 Å². The fourth-order valence-corrected chi connectivity index (χ4v) is 2.01. The lowest BCUT2D eigenvalue weighted by atomic mass is 10.2. The number of fused-ring (bicyclic) bond motifs is 1. The molecule has 0 aliphatic carbocycles. The molecule has 2 heterocycles. The van der Waals surface area contributed by atoms with E-state index in [1.54, 1.807) is 17.4 Å². The van der Waals surface area contributed by atoms with Crippen LogP contribution in [-0.2, 0) is 0 Å². The number of thiophene rings is 1. The normalized spacial score (nSPS) is 10.5. The van der Waals surface area contributed by atoms with Crippen LogP contribution in [0.1, 0.15) is 15.2 Å². The lowest BCUT2D eigenvalue weighted by Crippen LogP contribution is -1.95. The number of nitrogens with zero attached hydrogens (tertiary/aromatic N) is 1. The number of hydrogen-bond acceptors (Lipinski definition) is 3. The average Bonchev–Trinajstić information content (AvgIpc) is 2.42. The number of aryl methyl sites for hydroxylation is 1. The van der Waals surface area contributed by atoms with Crippen molar-refractivity contribution in [3.8, 4) is 0 Å². The molecule has 0 amide bonds. The molecular formula is C9H7NO2S. The van der Waals surface area contributed by atoms with Crippen molar-refractivity contribution in [1.82, 2.24) is 4.98 Å². The Labute approximate surface area is 78.7 Å². The number of carboxylic acid groups (broad SMARTS) is 1. The summed E-state index contributed by atoms with van der Waals surface area (Å²) >= 11 is 1.57. The monoisotopic (exact) mass is 193 g/mol. The maximum absolute atomic E-state index is 10.6. The largest absolute Gasteiger partial charge is 0.478 e. The minimum absolute atomic E-state index is 0.241. The maximum Gasteiger partial charge on any atom is 0.337 e. The van der Waals surface area contributed by atoms with Gasteiger partial charge >= 0.3 is 5.97 Å². The summed E-state index contributed by atoms with van der Waals surface area (Å²) in [6.07, 6.45) is 1.39. The molecule has 2 aromatic rings. The molecule has 0 aromatic carbocycles. The van der Waals surface area contributed by atoms with Crippen LogP contribution in [0, 0.1) is 6.92 Å². The fourth-order valence-electron chi connectivity index (χ4n) is 1.18. The molecule has 0 spiro atoms. The number of carboxylic acids is 1. The van der Waals surface area contributed by atoms with Gasteiger partial charge in [0.15, 0.2) is 0 Å². The lowest BCUT2D eigenvalue weighted by Gasteiger charge is -1.92. The van der Waals surface area contributed by atoms with Crippen molar-refractivity contribution < 1.29 is 9.90 Å². The summed E-state index contributed by atoms with van der Waals surface area (Å²) in [4.78, 5) is 16.7. The van der Waals surface area contributed by atoms with Gasteiger partial charge in [-0.2, -0.15) is 0 Å². The second-order valence-corrected chi connectivity index (χ2v) is 4.02. The predicted octanol–water partition coefficient (Wildman–Crippen LogP) is 2.30. The van der Waals surface area contributed by atoms with Gasteiger partial charge in [-0.05, 0) is 19.1 Å². The zero-order valence-corrected chi connectivity index (χ0v) is 7.76. The molecule has 2 aromatic heterocycles. The molecule has 13 heavy (non-hydrogen) atoms. The van der Waals surface area contributed by atoms with Crippen LogP contribution in [0.5, 0.6) is 0 Å². The highest BCUT2D eigenvalue weighted by Gasteiger charge is 2.05. The topological polar surface area (TPSA) is 50.2 Å². The van der Waals surface area contributed by atoms with Crippen molar-refractivity contribution in [2.75, 3.05) is 0 Å². The van der Waals surface area contributed by atoms with E-state index < -0.39 is 5.97 Å². The standard InChI is InChI=1S/C9H7NO2S/c1-5-2-6-3-7(9(11)12)4-10-8(6)13-5/h2-4H,1H3,(H,11,12). The van der Waals surface area contributed by atoms with Gasteiger partial charge < -0.3 is 5.11 Å². The Kier molecular flexibility index (Phi) is 1.77. The van der Waals surface area contributed by atoms with Crippen molar-refractivity contribution in [3.63, 3.8) is 0 Å². The third-order valence-electron chi connectivity index (χ3n) is 1.74. The van der Waals surface area contributed by atoms with E-state index in [-0.39, 0.29) is 5.56 Å². The molecular weight excluding hydrogens is 186 g/mol. The molecule has 4 heteroatoms. The van der Waals surface area contributed by atoms with Gasteiger partial charge in [0.1, 0.15) is 4.83 Å². The molecule has 3 nitrogen and oxygen atoms in total. The Morgan fingerprint density at radius 3 is 3.00 bits per heavy atom. The summed E-state index contributed by atoms with van der Waals surface area (Å²) < 4.78 is 0. The summed E-state index contributed by atoms with van der Waals surface area (Å²) in [6.45, 7) is 1.98. The van der Waals surface area contributed by atoms with E-state index in [9.17, 15) is 4.79 Å². The van der Waals surface area contributed by atoms with Crippen LogP contribution < -0.4 is 0 Å². The van der Waals surface area contributed by atoms with Crippen molar-refractivity contribution in [2.45, 2.75) is 6.92 Å². The minimum atomic E-state index is -0.932. The molecule has 0 radical (unpaired) electrons. The highest BCUT2D eigenvalue weighted by Crippen LogP contribution is 2.23. The highest BCUT2D eigenvalue weighted by molar-refractivity contribution is 7.18. The van der Waals surface area contributed by atoms with E-state index in [1.165, 1.54) is 6.20 Å². The highest BCUT2D eigenvalue weighted by atomic mass is 32.1. The Bertz CT molecular complexity index is 475. The first-order valence-corrected chi connectivity index (χ1v) is 4.58. The van der Waals surface area contributed by atoms with Crippen molar-refractivity contribution in [2.24, 2.45) is 0 Å². The zero-order valence-electron chi connectivity index (χ0n) is 6.94. The molecule has 1 N–H and O–H groups in total. The van der Waals surface area contributed by atoms with Crippen molar-refractivity contribution in [1.29, 1.82) is 0 Å². The van der Waals surface area contributed by atoms with Crippen LogP contribution >= 0.6 is 11.3 Å². The quantitative estimate of drug-likeness (QED) is 0.756. The number of carbonyl (C=O) groups is 1. The first-order valence-electron chi connectivity index (χ1n) is 3.76. The molecule has 0 bridgehead atoms. The smallest absolute Gasteiger partial charge is 0.337 e. The molecule has 0 atom stereocenters. The summed E-state index contributed by atoms with van der Waals surface area (Å²) in [5, 5.41) is 9.62. The van der Waals surface area contributed by atoms with Crippen molar-refractivity contribution in [3.05, 3.63) is 28.8 Å². The average molecular weight is 193 g/mol. The number of pyridine rings is 1. The van der Waals surface area contributed by atoms with E-state index in [2.05, 4.69) is 4.98 Å². The van der Waals surface area contributed by atoms with Crippen LogP contribution in [0.4, 0.5) is 0 Å². The van der Waals surface area contributed by atoms with Crippen LogP contribution in [-0.4, -0.2) is 16.1 Å². The Hall–Kier alpha value is -1.42. The second-order valence-electron chi connectivity index (χ2n) is 2.78. The molecule has 0 unspecified atom stereocenters. The Morgan fingerprint density at radius 2 is 2.31 bits per heavy atom. The van der Waals surface area contributed by atoms with Gasteiger partial charge in [0.2, 0.25) is 0 Å². The maximum atomic E-state index is 10.6. The van der Waals surface area contributed by atoms with Crippen LogP contribution in [0.2, 0.25) is 0 Å². The van der Waals surface area contributed by atoms with E-state index >= 15 is 0 Å². The molecule has 2 rings (SSSR count). The third-order valence-corrected chi connectivity index (χ3v) is 2.72. The molecule has 0 aliphatic rings. The third kappa shape index (κ3) is 1.40. The van der Waals surface area contributed by atoms with Crippen LogP contribution in [0.15, 0.2) is 18.3 Å². The first-order chi connectivity index (χ1) is 6.16. The van der Waals surface area contributed by atoms with Gasteiger partial charge in [0, 0.05) is 16.5 Å². The SMILES string of the molecule is Cc1cc2cc(C(=O)O)cnc2s1. The lowest BCUT2D eigenvalue weighted by molar-refractivity contribution is 0.0696. The van der Waals surface area contributed by atoms with Gasteiger partial charge in [-0.15, -0.1) is 11.3 Å². The Morgan fingerprint density at radius 1 is 1.54 bits per heavy atom. The van der Waals surface area contributed by atoms with Gasteiger partial charge in [-0.3, -0.25) is 0 Å². The summed E-state index contributed by atoms with van der Waals surface area (Å²) in [5.74, 6) is -0.932. The first kappa shape index (κ1) is 8.19. The van der Waals surface area contributed by atoms with Crippen molar-refractivity contribution >= 4 is 27.5 Å². The predicted molar refractivity (Wildman–Crippen MR) is 51.3 cm³/mol. The Balaban J connectivity index is 2.67. The molecule has 0 aliphatic heterocycles. The minimum Gasteiger partial charge on any atom is -0.478 e. The van der Waals surface area contributed by atoms with E-state index in [1.807, 2.05) is 13.0 Å². The van der Waals surface area contributed by atoms with Gasteiger partial charge in [0.25, 0.3) is 0 Å². The molecule has 0 fully saturated rings. The van der Waals surface area contributed by atoms with Crippen LogP contribution in [0.3, 0.4) is 0 Å². The number of aromatic carboxylic acids is 1. The molecule has 0 saturated carbocycles. The number of hydrogen-bond donors (Lipinski definition) is 1. The molecule has 66 valence electrons.